The number of benzene rings is 1. The van der Waals surface area contributed by atoms with E-state index < -0.39 is 0 Å². The van der Waals surface area contributed by atoms with E-state index in [4.69, 9.17) is 0 Å². The van der Waals surface area contributed by atoms with E-state index in [-0.39, 0.29) is 5.92 Å². The van der Waals surface area contributed by atoms with Gasteiger partial charge in [0.05, 0.1) is 5.39 Å². The van der Waals surface area contributed by atoms with E-state index in [9.17, 15) is 4.79 Å². The second-order valence-electron chi connectivity index (χ2n) is 7.90. The minimum Gasteiger partial charge on any atom is -0.356 e. The summed E-state index contributed by atoms with van der Waals surface area (Å²) in [4.78, 5) is 26.4. The molecule has 2 aliphatic rings. The number of amides is 1. The summed E-state index contributed by atoms with van der Waals surface area (Å²) in [6.07, 6.45) is 6.39. The molecule has 1 saturated heterocycles. The van der Waals surface area contributed by atoms with Crippen molar-refractivity contribution in [2.75, 3.05) is 24.5 Å². The van der Waals surface area contributed by atoms with Crippen molar-refractivity contribution in [1.29, 1.82) is 0 Å². The van der Waals surface area contributed by atoms with Gasteiger partial charge in [0.1, 0.15) is 17.8 Å². The number of rotatable bonds is 2. The molecule has 6 nitrogen and oxygen atoms in total. The van der Waals surface area contributed by atoms with Crippen molar-refractivity contribution in [2.24, 2.45) is 13.0 Å². The molecule has 0 spiro atoms. The fourth-order valence-corrected chi connectivity index (χ4v) is 4.60. The molecule has 6 heteroatoms. The average Bonchev–Trinajstić information content (AvgIpc) is 3.14. The minimum absolute atomic E-state index is 0.120. The Bertz CT molecular complexity index is 1020. The molecule has 2 aliphatic heterocycles. The van der Waals surface area contributed by atoms with Gasteiger partial charge in [0.2, 0.25) is 5.91 Å². The van der Waals surface area contributed by atoms with Crippen LogP contribution >= 0.6 is 0 Å². The summed E-state index contributed by atoms with van der Waals surface area (Å²) in [5.41, 5.74) is 3.64. The molecule has 0 bridgehead atoms. The molecule has 0 unspecified atom stereocenters. The molecule has 1 aromatic carbocycles. The first-order chi connectivity index (χ1) is 13.7. The van der Waals surface area contributed by atoms with Crippen molar-refractivity contribution in [1.82, 2.24) is 19.4 Å². The highest BCUT2D eigenvalue weighted by Crippen LogP contribution is 2.29. The predicted octanol–water partition coefficient (Wildman–Crippen LogP) is 2.77. The normalized spacial score (nSPS) is 17.8. The van der Waals surface area contributed by atoms with Gasteiger partial charge in [-0.15, -0.1) is 0 Å². The van der Waals surface area contributed by atoms with Crippen molar-refractivity contribution in [3.05, 3.63) is 54.0 Å². The lowest BCUT2D eigenvalue weighted by Crippen LogP contribution is -2.44. The van der Waals surface area contributed by atoms with E-state index in [1.807, 2.05) is 17.8 Å². The first kappa shape index (κ1) is 17.2. The van der Waals surface area contributed by atoms with Crippen molar-refractivity contribution in [3.8, 4) is 0 Å². The molecular weight excluding hydrogens is 350 g/mol. The maximum atomic E-state index is 13.1. The molecule has 3 aromatic rings. The molecule has 0 aliphatic carbocycles. The van der Waals surface area contributed by atoms with E-state index in [1.54, 1.807) is 6.33 Å². The van der Waals surface area contributed by atoms with Crippen LogP contribution in [0.25, 0.3) is 11.0 Å². The molecule has 4 heterocycles. The van der Waals surface area contributed by atoms with Gasteiger partial charge in [-0.1, -0.05) is 24.3 Å². The van der Waals surface area contributed by atoms with Crippen LogP contribution in [0.1, 0.15) is 24.0 Å². The number of hydrogen-bond acceptors (Lipinski definition) is 4. The minimum atomic E-state index is 0.120. The molecule has 28 heavy (non-hydrogen) atoms. The van der Waals surface area contributed by atoms with Gasteiger partial charge < -0.3 is 14.4 Å². The highest BCUT2D eigenvalue weighted by atomic mass is 16.2. The highest BCUT2D eigenvalue weighted by Gasteiger charge is 2.31. The van der Waals surface area contributed by atoms with Crippen LogP contribution in [0.3, 0.4) is 0 Å². The molecule has 0 N–H and O–H groups in total. The maximum absolute atomic E-state index is 13.1. The fourth-order valence-electron chi connectivity index (χ4n) is 4.60. The third kappa shape index (κ3) is 2.93. The van der Waals surface area contributed by atoms with Crippen LogP contribution < -0.4 is 4.90 Å². The molecule has 0 saturated carbocycles. The zero-order valence-corrected chi connectivity index (χ0v) is 16.2. The van der Waals surface area contributed by atoms with Crippen LogP contribution in [0.4, 0.5) is 5.82 Å². The summed E-state index contributed by atoms with van der Waals surface area (Å²) in [5, 5.41) is 1.09. The molecule has 1 amide bonds. The van der Waals surface area contributed by atoms with Crippen LogP contribution in [0.2, 0.25) is 0 Å². The number of carbonyl (C=O) groups excluding carboxylic acids is 1. The molecule has 144 valence electrons. The zero-order chi connectivity index (χ0) is 19.1. The molecule has 1 fully saturated rings. The summed E-state index contributed by atoms with van der Waals surface area (Å²) in [6, 6.07) is 10.6. The Labute approximate surface area is 164 Å². The number of aryl methyl sites for hydroxylation is 1. The van der Waals surface area contributed by atoms with Crippen molar-refractivity contribution < 1.29 is 4.79 Å². The Balaban J connectivity index is 1.26. The van der Waals surface area contributed by atoms with Gasteiger partial charge in [-0.2, -0.15) is 0 Å². The van der Waals surface area contributed by atoms with Crippen LogP contribution in [0, 0.1) is 5.92 Å². The predicted molar refractivity (Wildman–Crippen MR) is 109 cm³/mol. The Kier molecular flexibility index (Phi) is 4.26. The number of anilines is 1. The van der Waals surface area contributed by atoms with E-state index in [1.165, 1.54) is 11.1 Å². The van der Waals surface area contributed by atoms with Gasteiger partial charge >= 0.3 is 0 Å². The van der Waals surface area contributed by atoms with Gasteiger partial charge in [-0.05, 0) is 36.5 Å². The maximum Gasteiger partial charge on any atom is 0.226 e. The topological polar surface area (TPSA) is 54.3 Å². The van der Waals surface area contributed by atoms with Gasteiger partial charge in [0, 0.05) is 45.3 Å². The number of fused-ring (bicyclic) bond motifs is 2. The van der Waals surface area contributed by atoms with Crippen LogP contribution in [-0.2, 0) is 24.8 Å². The van der Waals surface area contributed by atoms with Gasteiger partial charge in [-0.25, -0.2) is 9.97 Å². The first-order valence-corrected chi connectivity index (χ1v) is 10.1. The van der Waals surface area contributed by atoms with Crippen molar-refractivity contribution >= 4 is 22.8 Å². The molecule has 0 atom stereocenters. The van der Waals surface area contributed by atoms with E-state index in [0.717, 1.165) is 62.3 Å². The Morgan fingerprint density at radius 2 is 1.82 bits per heavy atom. The lowest BCUT2D eigenvalue weighted by atomic mass is 9.93. The van der Waals surface area contributed by atoms with Crippen LogP contribution in [-0.4, -0.2) is 45.0 Å². The Hall–Kier alpha value is -2.89. The molecule has 0 radical (unpaired) electrons. The summed E-state index contributed by atoms with van der Waals surface area (Å²) in [6.45, 7) is 3.32. The number of carbonyl (C=O) groups is 1. The van der Waals surface area contributed by atoms with Crippen molar-refractivity contribution in [2.45, 2.75) is 25.8 Å². The Morgan fingerprint density at radius 1 is 1.04 bits per heavy atom. The number of piperidine rings is 1. The van der Waals surface area contributed by atoms with Crippen molar-refractivity contribution in [3.63, 3.8) is 0 Å². The smallest absolute Gasteiger partial charge is 0.226 e. The standard InChI is InChI=1S/C22H25N5O/c1-25-10-9-19-20(25)23-15-24-21(19)26-11-7-17(8-12-26)22(28)27-13-6-16-4-2-3-5-18(16)14-27/h2-5,9-10,15,17H,6-8,11-14H2,1H3. The summed E-state index contributed by atoms with van der Waals surface area (Å²) in [5.74, 6) is 1.43. The number of aromatic nitrogens is 3. The zero-order valence-electron chi connectivity index (χ0n) is 16.2. The van der Waals surface area contributed by atoms with E-state index in [0.29, 0.717) is 5.91 Å². The SMILES string of the molecule is Cn1ccc2c(N3CCC(C(=O)N4CCc5ccccc5C4)CC3)ncnc21. The first-order valence-electron chi connectivity index (χ1n) is 10.1. The third-order valence-corrected chi connectivity index (χ3v) is 6.23. The van der Waals surface area contributed by atoms with Gasteiger partial charge in [0.15, 0.2) is 0 Å². The molecular formula is C22H25N5O. The number of hydrogen-bond donors (Lipinski definition) is 0. The highest BCUT2D eigenvalue weighted by molar-refractivity contribution is 5.88. The lowest BCUT2D eigenvalue weighted by molar-refractivity contribution is -0.137. The number of nitrogens with zero attached hydrogens (tertiary/aromatic N) is 5. The quantitative estimate of drug-likeness (QED) is 0.691. The van der Waals surface area contributed by atoms with E-state index >= 15 is 0 Å². The second kappa shape index (κ2) is 6.93. The fraction of sp³-hybridized carbons (Fsp3) is 0.409. The average molecular weight is 375 g/mol. The molecule has 2 aromatic heterocycles. The lowest BCUT2D eigenvalue weighted by Gasteiger charge is -2.36. The van der Waals surface area contributed by atoms with E-state index in [2.05, 4.69) is 50.1 Å². The monoisotopic (exact) mass is 375 g/mol. The van der Waals surface area contributed by atoms with Gasteiger partial charge in [0.25, 0.3) is 0 Å². The third-order valence-electron chi connectivity index (χ3n) is 6.23. The summed E-state index contributed by atoms with van der Waals surface area (Å²) in [7, 11) is 2.00. The summed E-state index contributed by atoms with van der Waals surface area (Å²) < 4.78 is 2.02. The van der Waals surface area contributed by atoms with Gasteiger partial charge in [-0.3, -0.25) is 4.79 Å². The second-order valence-corrected chi connectivity index (χ2v) is 7.90. The Morgan fingerprint density at radius 3 is 2.64 bits per heavy atom. The largest absolute Gasteiger partial charge is 0.356 e. The van der Waals surface area contributed by atoms with Crippen LogP contribution in [0.15, 0.2) is 42.9 Å². The molecule has 5 rings (SSSR count). The summed E-state index contributed by atoms with van der Waals surface area (Å²) >= 11 is 0. The van der Waals surface area contributed by atoms with Crippen LogP contribution in [0.5, 0.6) is 0 Å².